The molecule has 118 valence electrons. The first-order chi connectivity index (χ1) is 11.3. The molecule has 0 radical (unpaired) electrons. The molecular weight excluding hydrogens is 308 g/mol. The van der Waals surface area contributed by atoms with E-state index in [1.165, 1.54) is 19.3 Å². The zero-order valence-electron chi connectivity index (χ0n) is 12.8. The number of aldehydes is 1. The predicted molar refractivity (Wildman–Crippen MR) is 92.3 cm³/mol. The van der Waals surface area contributed by atoms with Crippen LogP contribution in [0.15, 0.2) is 30.3 Å². The van der Waals surface area contributed by atoms with E-state index in [1.54, 1.807) is 0 Å². The Labute approximate surface area is 139 Å². The highest BCUT2D eigenvalue weighted by Gasteiger charge is 2.15. The molecule has 0 bridgehead atoms. The fraction of sp³-hybridized carbons (Fsp3) is 0.353. The molecule has 0 spiro atoms. The van der Waals surface area contributed by atoms with E-state index in [0.29, 0.717) is 22.7 Å². The van der Waals surface area contributed by atoms with Crippen LogP contribution in [0.1, 0.15) is 29.6 Å². The number of hydrogen-bond donors (Lipinski definition) is 0. The first-order valence-electron chi connectivity index (χ1n) is 7.97. The normalized spacial score (nSPS) is 16.2. The van der Waals surface area contributed by atoms with E-state index in [2.05, 4.69) is 10.00 Å². The minimum atomic E-state index is 0.576. The van der Waals surface area contributed by atoms with Crippen molar-refractivity contribution in [3.63, 3.8) is 0 Å². The molecule has 3 heterocycles. The second kappa shape index (κ2) is 5.86. The first kappa shape index (κ1) is 14.5. The summed E-state index contributed by atoms with van der Waals surface area (Å²) < 4.78 is 4.40. The highest BCUT2D eigenvalue weighted by atomic mass is 32.1. The minimum absolute atomic E-state index is 0.576. The number of nitrogens with zero attached hydrogens (tertiary/aromatic N) is 4. The Hall–Kier alpha value is -2.05. The second-order valence-corrected chi connectivity index (χ2v) is 6.40. The van der Waals surface area contributed by atoms with Gasteiger partial charge in [-0.25, -0.2) is 4.68 Å². The SMILES string of the molecule is O=Cc1cc2ccccc2n2c(=S)n(CN3CCCCC3)nc12. The molecule has 5 nitrogen and oxygen atoms in total. The van der Waals surface area contributed by atoms with Crippen LogP contribution < -0.4 is 0 Å². The second-order valence-electron chi connectivity index (χ2n) is 6.04. The van der Waals surface area contributed by atoms with E-state index in [1.807, 2.05) is 39.4 Å². The molecule has 0 atom stereocenters. The van der Waals surface area contributed by atoms with Crippen molar-refractivity contribution in [2.24, 2.45) is 0 Å². The number of para-hydroxylation sites is 1. The van der Waals surface area contributed by atoms with Gasteiger partial charge in [0.1, 0.15) is 0 Å². The van der Waals surface area contributed by atoms with Crippen LogP contribution in [-0.4, -0.2) is 38.5 Å². The molecule has 2 aromatic heterocycles. The molecule has 0 unspecified atom stereocenters. The lowest BCUT2D eigenvalue weighted by atomic mass is 10.1. The van der Waals surface area contributed by atoms with Crippen molar-refractivity contribution in [2.75, 3.05) is 13.1 Å². The minimum Gasteiger partial charge on any atom is -0.298 e. The average molecular weight is 326 g/mol. The van der Waals surface area contributed by atoms with Crippen LogP contribution in [0.3, 0.4) is 0 Å². The molecule has 3 aromatic rings. The van der Waals surface area contributed by atoms with Crippen LogP contribution in [0.25, 0.3) is 16.6 Å². The maximum Gasteiger partial charge on any atom is 0.204 e. The summed E-state index contributed by atoms with van der Waals surface area (Å²) in [6.45, 7) is 2.85. The standard InChI is InChI=1S/C17H18N4OS/c22-11-14-10-13-6-2-3-7-15(13)21-16(14)18-20(17(21)23)12-19-8-4-1-5-9-19/h2-3,6-7,10-11H,1,4-5,8-9,12H2. The summed E-state index contributed by atoms with van der Waals surface area (Å²) in [6.07, 6.45) is 4.61. The van der Waals surface area contributed by atoms with Crippen LogP contribution >= 0.6 is 12.2 Å². The fourth-order valence-electron chi connectivity index (χ4n) is 3.33. The van der Waals surface area contributed by atoms with E-state index in [-0.39, 0.29) is 0 Å². The number of carbonyl (C=O) groups excluding carboxylic acids is 1. The van der Waals surface area contributed by atoms with E-state index in [0.717, 1.165) is 30.3 Å². The number of pyridine rings is 1. The summed E-state index contributed by atoms with van der Waals surface area (Å²) in [6, 6.07) is 9.83. The number of hydrogen-bond acceptors (Lipinski definition) is 4. The molecule has 1 saturated heterocycles. The van der Waals surface area contributed by atoms with Crippen LogP contribution in [0.2, 0.25) is 0 Å². The van der Waals surface area contributed by atoms with Gasteiger partial charge in [0, 0.05) is 0 Å². The van der Waals surface area contributed by atoms with Crippen molar-refractivity contribution < 1.29 is 4.79 Å². The number of benzene rings is 1. The van der Waals surface area contributed by atoms with Crippen LogP contribution in [-0.2, 0) is 6.67 Å². The van der Waals surface area contributed by atoms with Gasteiger partial charge in [0.05, 0.1) is 17.7 Å². The van der Waals surface area contributed by atoms with Gasteiger partial charge in [-0.1, -0.05) is 24.6 Å². The van der Waals surface area contributed by atoms with Crippen molar-refractivity contribution in [3.8, 4) is 0 Å². The van der Waals surface area contributed by atoms with Crippen LogP contribution in [0, 0.1) is 4.77 Å². The number of aromatic nitrogens is 3. The predicted octanol–water partition coefficient (Wildman–Crippen LogP) is 3.27. The van der Waals surface area contributed by atoms with Gasteiger partial charge in [0.15, 0.2) is 11.9 Å². The summed E-state index contributed by atoms with van der Waals surface area (Å²) in [7, 11) is 0. The molecule has 1 aliphatic heterocycles. The van der Waals surface area contributed by atoms with Crippen molar-refractivity contribution in [1.82, 2.24) is 19.1 Å². The maximum atomic E-state index is 11.5. The van der Waals surface area contributed by atoms with Crippen LogP contribution in [0.4, 0.5) is 0 Å². The lowest BCUT2D eigenvalue weighted by molar-refractivity contribution is 0.112. The van der Waals surface area contributed by atoms with Crippen molar-refractivity contribution >= 4 is 35.1 Å². The zero-order valence-corrected chi connectivity index (χ0v) is 13.6. The number of piperidine rings is 1. The number of carbonyl (C=O) groups is 1. The molecule has 0 aliphatic carbocycles. The highest BCUT2D eigenvalue weighted by molar-refractivity contribution is 7.71. The molecule has 4 rings (SSSR count). The lowest BCUT2D eigenvalue weighted by Gasteiger charge is -2.25. The van der Waals surface area contributed by atoms with Crippen molar-refractivity contribution in [3.05, 3.63) is 40.7 Å². The summed E-state index contributed by atoms with van der Waals surface area (Å²) in [4.78, 5) is 13.8. The van der Waals surface area contributed by atoms with Gasteiger partial charge in [-0.15, -0.1) is 5.10 Å². The largest absolute Gasteiger partial charge is 0.298 e. The summed E-state index contributed by atoms with van der Waals surface area (Å²) in [5, 5.41) is 5.63. The topological polar surface area (TPSA) is 42.5 Å². The lowest BCUT2D eigenvalue weighted by Crippen LogP contribution is -2.32. The Morgan fingerprint density at radius 3 is 2.74 bits per heavy atom. The molecule has 1 aliphatic rings. The smallest absolute Gasteiger partial charge is 0.204 e. The van der Waals surface area contributed by atoms with Crippen molar-refractivity contribution in [2.45, 2.75) is 25.9 Å². The fourth-order valence-corrected chi connectivity index (χ4v) is 3.61. The molecule has 0 N–H and O–H groups in total. The molecule has 1 fully saturated rings. The average Bonchev–Trinajstić information content (AvgIpc) is 2.92. The third kappa shape index (κ3) is 2.48. The van der Waals surface area contributed by atoms with Crippen molar-refractivity contribution in [1.29, 1.82) is 0 Å². The number of likely N-dealkylation sites (tertiary alicyclic amines) is 1. The van der Waals surface area contributed by atoms with E-state index in [4.69, 9.17) is 12.2 Å². The monoisotopic (exact) mass is 326 g/mol. The van der Waals surface area contributed by atoms with E-state index < -0.39 is 0 Å². The zero-order chi connectivity index (χ0) is 15.8. The molecule has 23 heavy (non-hydrogen) atoms. The summed E-state index contributed by atoms with van der Waals surface area (Å²) in [5.41, 5.74) is 2.20. The summed E-state index contributed by atoms with van der Waals surface area (Å²) in [5.74, 6) is 0. The Morgan fingerprint density at radius 2 is 1.96 bits per heavy atom. The molecule has 6 heteroatoms. The Bertz CT molecular complexity index is 937. The molecule has 0 saturated carbocycles. The van der Waals surface area contributed by atoms with Gasteiger partial charge in [-0.2, -0.15) is 0 Å². The molecular formula is C17H18N4OS. The van der Waals surface area contributed by atoms with Gasteiger partial charge in [0.2, 0.25) is 4.77 Å². The molecule has 0 amide bonds. The van der Waals surface area contributed by atoms with E-state index in [9.17, 15) is 4.79 Å². The first-order valence-corrected chi connectivity index (χ1v) is 8.37. The Kier molecular flexibility index (Phi) is 3.71. The Morgan fingerprint density at radius 1 is 1.17 bits per heavy atom. The van der Waals surface area contributed by atoms with E-state index >= 15 is 0 Å². The highest BCUT2D eigenvalue weighted by Crippen LogP contribution is 2.20. The Balaban J connectivity index is 1.90. The maximum absolute atomic E-state index is 11.5. The van der Waals surface area contributed by atoms with Crippen LogP contribution in [0.5, 0.6) is 0 Å². The van der Waals surface area contributed by atoms with Gasteiger partial charge >= 0.3 is 0 Å². The quantitative estimate of drug-likeness (QED) is 0.547. The number of rotatable bonds is 3. The van der Waals surface area contributed by atoms with Gasteiger partial charge in [0.25, 0.3) is 0 Å². The van der Waals surface area contributed by atoms with Gasteiger partial charge < -0.3 is 0 Å². The molecule has 1 aromatic carbocycles. The number of fused-ring (bicyclic) bond motifs is 3. The van der Waals surface area contributed by atoms with Gasteiger partial charge in [-0.3, -0.25) is 14.1 Å². The third-order valence-electron chi connectivity index (χ3n) is 4.50. The summed E-state index contributed by atoms with van der Waals surface area (Å²) >= 11 is 5.65. The van der Waals surface area contributed by atoms with Gasteiger partial charge in [-0.05, 0) is 55.7 Å². The third-order valence-corrected chi connectivity index (χ3v) is 4.89.